The van der Waals surface area contributed by atoms with Gasteiger partial charge in [0.1, 0.15) is 5.84 Å². The summed E-state index contributed by atoms with van der Waals surface area (Å²) >= 11 is 0. The van der Waals surface area contributed by atoms with Gasteiger partial charge in [0.2, 0.25) is 0 Å². The van der Waals surface area contributed by atoms with E-state index in [1.54, 1.807) is 6.20 Å². The van der Waals surface area contributed by atoms with E-state index in [2.05, 4.69) is 15.6 Å². The van der Waals surface area contributed by atoms with Crippen LogP contribution in [0.25, 0.3) is 0 Å². The Bertz CT molecular complexity index is 296. The van der Waals surface area contributed by atoms with Crippen molar-refractivity contribution in [2.45, 2.75) is 25.8 Å². The van der Waals surface area contributed by atoms with E-state index < -0.39 is 0 Å². The second kappa shape index (κ2) is 7.70. The summed E-state index contributed by atoms with van der Waals surface area (Å²) in [5.41, 5.74) is 5.34. The van der Waals surface area contributed by atoms with Crippen molar-refractivity contribution in [1.29, 1.82) is 0 Å². The number of nitrogens with two attached hydrogens (primary N) is 1. The van der Waals surface area contributed by atoms with Gasteiger partial charge in [0.05, 0.1) is 0 Å². The Balaban J connectivity index is 1.89. The molecule has 1 aromatic rings. The van der Waals surface area contributed by atoms with Crippen LogP contribution in [0.2, 0.25) is 0 Å². The van der Waals surface area contributed by atoms with E-state index in [9.17, 15) is 0 Å². The molecule has 0 bridgehead atoms. The molecule has 90 valence electrons. The fourth-order valence-electron chi connectivity index (χ4n) is 1.37. The molecule has 0 fully saturated rings. The molecule has 4 N–H and O–H groups in total. The molecular weight excluding hydrogens is 206 g/mol. The molecule has 6 nitrogen and oxygen atoms in total. The van der Waals surface area contributed by atoms with E-state index in [0.29, 0.717) is 12.3 Å². The molecule has 0 saturated heterocycles. The van der Waals surface area contributed by atoms with Gasteiger partial charge < -0.3 is 16.3 Å². The first-order valence-electron chi connectivity index (χ1n) is 5.47. The maximum absolute atomic E-state index is 8.31. The number of aromatic nitrogens is 2. The highest BCUT2D eigenvalue weighted by Gasteiger charge is 1.94. The highest BCUT2D eigenvalue weighted by molar-refractivity contribution is 5.79. The lowest BCUT2D eigenvalue weighted by Gasteiger charge is -2.04. The van der Waals surface area contributed by atoms with E-state index in [4.69, 9.17) is 10.9 Å². The minimum absolute atomic E-state index is 0.290. The molecule has 0 unspecified atom stereocenters. The molecular formula is C10H19N5O. The van der Waals surface area contributed by atoms with E-state index in [0.717, 1.165) is 32.5 Å². The van der Waals surface area contributed by atoms with E-state index in [1.165, 1.54) is 0 Å². The zero-order valence-corrected chi connectivity index (χ0v) is 9.34. The van der Waals surface area contributed by atoms with Crippen LogP contribution in [0.5, 0.6) is 0 Å². The molecule has 0 aliphatic carbocycles. The van der Waals surface area contributed by atoms with Crippen LogP contribution < -0.4 is 11.1 Å². The number of aryl methyl sites for hydroxylation is 1. The highest BCUT2D eigenvalue weighted by atomic mass is 16.4. The van der Waals surface area contributed by atoms with Crippen molar-refractivity contribution >= 4 is 5.84 Å². The summed E-state index contributed by atoms with van der Waals surface area (Å²) in [5, 5.41) is 18.6. The molecule has 16 heavy (non-hydrogen) atoms. The second-order valence-corrected chi connectivity index (χ2v) is 3.57. The van der Waals surface area contributed by atoms with Gasteiger partial charge in [0.15, 0.2) is 0 Å². The van der Waals surface area contributed by atoms with Crippen molar-refractivity contribution in [3.05, 3.63) is 18.5 Å². The number of oxime groups is 1. The van der Waals surface area contributed by atoms with Gasteiger partial charge in [-0.1, -0.05) is 5.16 Å². The summed E-state index contributed by atoms with van der Waals surface area (Å²) in [6.07, 6.45) is 6.30. The molecule has 1 rings (SSSR count). The third-order valence-corrected chi connectivity index (χ3v) is 2.21. The summed E-state index contributed by atoms with van der Waals surface area (Å²) in [7, 11) is 0. The first-order chi connectivity index (χ1) is 7.83. The molecule has 0 aliphatic heterocycles. The van der Waals surface area contributed by atoms with Gasteiger partial charge in [0, 0.05) is 25.4 Å². The second-order valence-electron chi connectivity index (χ2n) is 3.57. The smallest absolute Gasteiger partial charge is 0.139 e. The molecule has 0 aliphatic rings. The topological polar surface area (TPSA) is 88.5 Å². The predicted molar refractivity (Wildman–Crippen MR) is 62.4 cm³/mol. The Morgan fingerprint density at radius 2 is 2.25 bits per heavy atom. The molecule has 0 amide bonds. The number of hydrogen-bond acceptors (Lipinski definition) is 4. The Morgan fingerprint density at radius 3 is 2.94 bits per heavy atom. The summed E-state index contributed by atoms with van der Waals surface area (Å²) < 4.78 is 1.91. The molecule has 0 spiro atoms. The fraction of sp³-hybridized carbons (Fsp3) is 0.600. The van der Waals surface area contributed by atoms with Crippen molar-refractivity contribution in [1.82, 2.24) is 15.1 Å². The molecule has 1 aromatic heterocycles. The Labute approximate surface area is 95.1 Å². The van der Waals surface area contributed by atoms with Gasteiger partial charge >= 0.3 is 0 Å². The SMILES string of the molecule is N/C(CCCNCCCn1cccn1)=N/O. The van der Waals surface area contributed by atoms with Crippen molar-refractivity contribution in [2.75, 3.05) is 13.1 Å². The van der Waals surface area contributed by atoms with Crippen LogP contribution in [0.3, 0.4) is 0 Å². The number of nitrogens with one attached hydrogen (secondary N) is 1. The number of rotatable bonds is 8. The Morgan fingerprint density at radius 1 is 1.44 bits per heavy atom. The van der Waals surface area contributed by atoms with E-state index in [1.807, 2.05) is 16.9 Å². The van der Waals surface area contributed by atoms with Crippen LogP contribution in [0.4, 0.5) is 0 Å². The lowest BCUT2D eigenvalue weighted by atomic mass is 10.3. The van der Waals surface area contributed by atoms with Crippen molar-refractivity contribution in [2.24, 2.45) is 10.9 Å². The van der Waals surface area contributed by atoms with Crippen LogP contribution in [0, 0.1) is 0 Å². The normalized spacial score (nSPS) is 11.9. The molecule has 0 radical (unpaired) electrons. The Kier molecular flexibility index (Phi) is 6.02. The monoisotopic (exact) mass is 225 g/mol. The first kappa shape index (κ1) is 12.5. The Hall–Kier alpha value is -1.56. The fourth-order valence-corrected chi connectivity index (χ4v) is 1.37. The highest BCUT2D eigenvalue weighted by Crippen LogP contribution is 1.89. The number of nitrogens with zero attached hydrogens (tertiary/aromatic N) is 3. The standard InChI is InChI=1S/C10H19N5O/c11-10(14-16)4-1-5-12-6-2-8-15-9-3-7-13-15/h3,7,9,12,16H,1-2,4-6,8H2,(H2,11,14). The zero-order valence-electron chi connectivity index (χ0n) is 9.34. The lowest BCUT2D eigenvalue weighted by Crippen LogP contribution is -2.20. The van der Waals surface area contributed by atoms with Gasteiger partial charge in [-0.25, -0.2) is 0 Å². The number of amidine groups is 1. The molecule has 0 saturated carbocycles. The molecule has 1 heterocycles. The maximum Gasteiger partial charge on any atom is 0.139 e. The third-order valence-electron chi connectivity index (χ3n) is 2.21. The lowest BCUT2D eigenvalue weighted by molar-refractivity contribution is 0.316. The summed E-state index contributed by atoms with van der Waals surface area (Å²) in [6, 6.07) is 1.92. The summed E-state index contributed by atoms with van der Waals surface area (Å²) in [5.74, 6) is 0.290. The third kappa shape index (κ3) is 5.35. The van der Waals surface area contributed by atoms with Crippen LogP contribution in [0.15, 0.2) is 23.6 Å². The minimum atomic E-state index is 0.290. The maximum atomic E-state index is 8.31. The van der Waals surface area contributed by atoms with Crippen molar-refractivity contribution in [3.8, 4) is 0 Å². The summed E-state index contributed by atoms with van der Waals surface area (Å²) in [4.78, 5) is 0. The van der Waals surface area contributed by atoms with Gasteiger partial charge in [-0.05, 0) is 32.0 Å². The van der Waals surface area contributed by atoms with Crippen molar-refractivity contribution in [3.63, 3.8) is 0 Å². The number of hydrogen-bond donors (Lipinski definition) is 3. The van der Waals surface area contributed by atoms with Crippen LogP contribution in [-0.2, 0) is 6.54 Å². The average molecular weight is 225 g/mol. The minimum Gasteiger partial charge on any atom is -0.409 e. The van der Waals surface area contributed by atoms with Gasteiger partial charge in [-0.15, -0.1) is 0 Å². The van der Waals surface area contributed by atoms with Gasteiger partial charge in [-0.3, -0.25) is 4.68 Å². The van der Waals surface area contributed by atoms with E-state index in [-0.39, 0.29) is 0 Å². The van der Waals surface area contributed by atoms with Crippen LogP contribution in [-0.4, -0.2) is 33.9 Å². The van der Waals surface area contributed by atoms with E-state index >= 15 is 0 Å². The zero-order chi connectivity index (χ0) is 11.6. The van der Waals surface area contributed by atoms with Gasteiger partial charge in [-0.2, -0.15) is 5.10 Å². The van der Waals surface area contributed by atoms with Crippen molar-refractivity contribution < 1.29 is 5.21 Å². The van der Waals surface area contributed by atoms with Gasteiger partial charge in [0.25, 0.3) is 0 Å². The first-order valence-corrected chi connectivity index (χ1v) is 5.47. The summed E-state index contributed by atoms with van der Waals surface area (Å²) in [6.45, 7) is 2.77. The molecule has 6 heteroatoms. The largest absolute Gasteiger partial charge is 0.409 e. The molecule has 0 atom stereocenters. The van der Waals surface area contributed by atoms with Crippen LogP contribution >= 0.6 is 0 Å². The van der Waals surface area contributed by atoms with Crippen LogP contribution in [0.1, 0.15) is 19.3 Å². The predicted octanol–water partition coefficient (Wildman–Crippen LogP) is 0.389. The average Bonchev–Trinajstić information content (AvgIpc) is 2.80. The molecule has 0 aromatic carbocycles. The quantitative estimate of drug-likeness (QED) is 0.196.